The molecule has 0 spiro atoms. The van der Waals surface area contributed by atoms with Crippen molar-refractivity contribution in [3.8, 4) is 0 Å². The molecule has 0 amide bonds. The van der Waals surface area contributed by atoms with Crippen LogP contribution >= 0.6 is 0 Å². The number of para-hydroxylation sites is 1. The largest absolute Gasteiger partial charge is 0.382 e. The number of fused-ring (bicyclic) bond motifs is 1. The molecule has 0 saturated carbocycles. The number of anilines is 1. The highest BCUT2D eigenvalue weighted by molar-refractivity contribution is 6.00. The summed E-state index contributed by atoms with van der Waals surface area (Å²) in [5.74, 6) is 0.0770. The van der Waals surface area contributed by atoms with E-state index < -0.39 is 0 Å². The Morgan fingerprint density at radius 2 is 1.84 bits per heavy atom. The Balaban J connectivity index is 1.70. The third-order valence-electron chi connectivity index (χ3n) is 3.93. The lowest BCUT2D eigenvalue weighted by Gasteiger charge is -2.04. The molecule has 122 valence electrons. The van der Waals surface area contributed by atoms with Crippen molar-refractivity contribution >= 4 is 34.8 Å². The van der Waals surface area contributed by atoms with Crippen LogP contribution in [0.1, 0.15) is 21.6 Å². The molecular weight excluding hydrogens is 314 g/mol. The fourth-order valence-electron chi connectivity index (χ4n) is 2.69. The number of nitrogens with two attached hydrogens (primary N) is 1. The van der Waals surface area contributed by atoms with Crippen LogP contribution in [-0.2, 0) is 0 Å². The zero-order valence-electron chi connectivity index (χ0n) is 13.3. The van der Waals surface area contributed by atoms with Gasteiger partial charge >= 0.3 is 0 Å². The molecule has 6 heteroatoms. The number of aromatic nitrogens is 4. The first-order valence-electron chi connectivity index (χ1n) is 7.78. The van der Waals surface area contributed by atoms with E-state index in [0.29, 0.717) is 11.4 Å². The van der Waals surface area contributed by atoms with Crippen LogP contribution in [0.2, 0.25) is 0 Å². The van der Waals surface area contributed by atoms with Gasteiger partial charge in [-0.25, -0.2) is 4.68 Å². The van der Waals surface area contributed by atoms with Gasteiger partial charge in [0.2, 0.25) is 0 Å². The molecule has 0 unspecified atom stereocenters. The summed E-state index contributed by atoms with van der Waals surface area (Å²) in [5.41, 5.74) is 8.72. The second-order valence-corrected chi connectivity index (χ2v) is 5.57. The van der Waals surface area contributed by atoms with Gasteiger partial charge in [0.15, 0.2) is 0 Å². The van der Waals surface area contributed by atoms with Gasteiger partial charge in [-0.3, -0.25) is 9.89 Å². The van der Waals surface area contributed by atoms with Gasteiger partial charge in [-0.1, -0.05) is 42.5 Å². The lowest BCUT2D eigenvalue weighted by Crippen LogP contribution is -2.14. The fraction of sp³-hybridized carbons (Fsp3) is 0. The van der Waals surface area contributed by atoms with Gasteiger partial charge in [0, 0.05) is 23.2 Å². The van der Waals surface area contributed by atoms with E-state index in [-0.39, 0.29) is 5.91 Å². The van der Waals surface area contributed by atoms with Gasteiger partial charge in [0.05, 0.1) is 11.2 Å². The molecule has 2 aromatic heterocycles. The average molecular weight is 329 g/mol. The summed E-state index contributed by atoms with van der Waals surface area (Å²) in [6, 6.07) is 16.8. The van der Waals surface area contributed by atoms with Gasteiger partial charge in [-0.05, 0) is 23.8 Å². The molecule has 6 nitrogen and oxygen atoms in total. The van der Waals surface area contributed by atoms with Gasteiger partial charge in [-0.2, -0.15) is 5.10 Å². The highest BCUT2D eigenvalue weighted by atomic mass is 16.2. The third-order valence-corrected chi connectivity index (χ3v) is 3.93. The highest BCUT2D eigenvalue weighted by Crippen LogP contribution is 2.19. The third kappa shape index (κ3) is 2.81. The second-order valence-electron chi connectivity index (χ2n) is 5.57. The van der Waals surface area contributed by atoms with Gasteiger partial charge in [-0.15, -0.1) is 5.10 Å². The molecule has 0 aliphatic rings. The normalized spacial score (nSPS) is 11.4. The van der Waals surface area contributed by atoms with Gasteiger partial charge < -0.3 is 5.73 Å². The molecule has 4 aromatic rings. The summed E-state index contributed by atoms with van der Waals surface area (Å²) < 4.78 is 1.24. The number of rotatable bonds is 3. The molecule has 0 saturated heterocycles. The number of H-pyrrole nitrogens is 1. The molecule has 2 aromatic carbocycles. The monoisotopic (exact) mass is 329 g/mol. The van der Waals surface area contributed by atoms with E-state index in [1.807, 2.05) is 54.6 Å². The van der Waals surface area contributed by atoms with Crippen LogP contribution in [0.5, 0.6) is 0 Å². The minimum absolute atomic E-state index is 0.233. The number of carbonyl (C=O) groups excluding carboxylic acids is 1. The molecule has 0 fully saturated rings. The summed E-state index contributed by atoms with van der Waals surface area (Å²) in [4.78, 5) is 12.6. The molecule has 0 bridgehead atoms. The highest BCUT2D eigenvalue weighted by Gasteiger charge is 2.12. The molecule has 0 atom stereocenters. The van der Waals surface area contributed by atoms with E-state index in [0.717, 1.165) is 22.2 Å². The number of nitrogens with zero attached hydrogens (tertiary/aromatic N) is 3. The van der Waals surface area contributed by atoms with Gasteiger partial charge in [0.25, 0.3) is 5.91 Å². The average Bonchev–Trinajstić information content (AvgIpc) is 3.26. The van der Waals surface area contributed by atoms with Crippen molar-refractivity contribution in [1.82, 2.24) is 20.0 Å². The van der Waals surface area contributed by atoms with E-state index in [1.54, 1.807) is 18.3 Å². The molecule has 25 heavy (non-hydrogen) atoms. The Morgan fingerprint density at radius 3 is 2.68 bits per heavy atom. The van der Waals surface area contributed by atoms with Crippen LogP contribution in [0.25, 0.3) is 23.1 Å². The van der Waals surface area contributed by atoms with Crippen LogP contribution in [0.15, 0.2) is 60.8 Å². The van der Waals surface area contributed by atoms with Gasteiger partial charge in [0.1, 0.15) is 5.82 Å². The van der Waals surface area contributed by atoms with Crippen LogP contribution in [0, 0.1) is 0 Å². The number of carbonyl (C=O) groups is 1. The fourth-order valence-corrected chi connectivity index (χ4v) is 2.69. The van der Waals surface area contributed by atoms with Crippen LogP contribution in [0.4, 0.5) is 5.82 Å². The minimum atomic E-state index is -0.233. The molecule has 0 aliphatic heterocycles. The predicted octanol–water partition coefficient (Wildman–Crippen LogP) is 3.20. The van der Waals surface area contributed by atoms with E-state index in [4.69, 9.17) is 5.73 Å². The first-order valence-corrected chi connectivity index (χ1v) is 7.78. The number of benzene rings is 2. The predicted molar refractivity (Wildman–Crippen MR) is 97.8 cm³/mol. The maximum Gasteiger partial charge on any atom is 0.278 e. The van der Waals surface area contributed by atoms with Crippen molar-refractivity contribution in [3.63, 3.8) is 0 Å². The van der Waals surface area contributed by atoms with Crippen LogP contribution in [0.3, 0.4) is 0 Å². The van der Waals surface area contributed by atoms with Crippen molar-refractivity contribution in [1.29, 1.82) is 0 Å². The Morgan fingerprint density at radius 1 is 1.04 bits per heavy atom. The Hall–Kier alpha value is -3.67. The molecular formula is C19H15N5O. The van der Waals surface area contributed by atoms with E-state index >= 15 is 0 Å². The van der Waals surface area contributed by atoms with Crippen molar-refractivity contribution in [3.05, 3.63) is 77.6 Å². The lowest BCUT2D eigenvalue weighted by molar-refractivity contribution is 0.0945. The van der Waals surface area contributed by atoms with Crippen molar-refractivity contribution in [2.24, 2.45) is 0 Å². The van der Waals surface area contributed by atoms with E-state index in [2.05, 4.69) is 15.3 Å². The van der Waals surface area contributed by atoms with Crippen molar-refractivity contribution in [2.45, 2.75) is 0 Å². The number of aromatic amines is 1. The van der Waals surface area contributed by atoms with Crippen molar-refractivity contribution in [2.75, 3.05) is 5.73 Å². The first kappa shape index (κ1) is 14.9. The molecule has 0 aliphatic carbocycles. The molecule has 0 radical (unpaired) electrons. The maximum atomic E-state index is 12.6. The Kier molecular flexibility index (Phi) is 3.63. The molecule has 4 rings (SSSR count). The Labute approximate surface area is 143 Å². The standard InChI is InChI=1S/C19H15N5O/c20-18-11-12-24(23-18)19(25)14-6-2-1-5-13(14)9-10-17-15-7-3-4-8-16(15)21-22-17/h1-12H,(H2,20,23)(H,21,22). The lowest BCUT2D eigenvalue weighted by atomic mass is 10.1. The first-order chi connectivity index (χ1) is 12.2. The van der Waals surface area contributed by atoms with Crippen LogP contribution < -0.4 is 5.73 Å². The summed E-state index contributed by atoms with van der Waals surface area (Å²) in [6.07, 6.45) is 5.32. The van der Waals surface area contributed by atoms with Crippen LogP contribution in [-0.4, -0.2) is 25.9 Å². The van der Waals surface area contributed by atoms with Crippen molar-refractivity contribution < 1.29 is 4.79 Å². The molecule has 3 N–H and O–H groups in total. The summed E-state index contributed by atoms with van der Waals surface area (Å²) in [6.45, 7) is 0. The number of nitrogens with one attached hydrogen (secondary N) is 1. The quantitative estimate of drug-likeness (QED) is 0.604. The minimum Gasteiger partial charge on any atom is -0.382 e. The maximum absolute atomic E-state index is 12.6. The smallest absolute Gasteiger partial charge is 0.278 e. The second kappa shape index (κ2) is 6.09. The Bertz CT molecular complexity index is 1090. The number of hydrogen-bond acceptors (Lipinski definition) is 4. The summed E-state index contributed by atoms with van der Waals surface area (Å²) in [5, 5.41) is 12.3. The number of nitrogen functional groups attached to an aromatic ring is 1. The van der Waals surface area contributed by atoms with E-state index in [1.165, 1.54) is 4.68 Å². The summed E-state index contributed by atoms with van der Waals surface area (Å²) >= 11 is 0. The topological polar surface area (TPSA) is 89.6 Å². The zero-order chi connectivity index (χ0) is 17.2. The SMILES string of the molecule is Nc1ccn(C(=O)c2ccccc2C=Cc2n[nH]c3ccccc23)n1. The van der Waals surface area contributed by atoms with E-state index in [9.17, 15) is 4.79 Å². The number of hydrogen-bond donors (Lipinski definition) is 2. The summed E-state index contributed by atoms with van der Waals surface area (Å²) in [7, 11) is 0. The zero-order valence-corrected chi connectivity index (χ0v) is 13.3. The molecule has 2 heterocycles.